The minimum Gasteiger partial charge on any atom is -0.356 e. The smallest absolute Gasteiger partial charge is 0.220 e. The first-order valence-electron chi connectivity index (χ1n) is 4.23. The predicted molar refractivity (Wildman–Crippen MR) is 56.4 cm³/mol. The second kappa shape index (κ2) is 4.49. The Morgan fingerprint density at radius 1 is 1.38 bits per heavy atom. The molecule has 13 heavy (non-hydrogen) atoms. The van der Waals surface area contributed by atoms with Gasteiger partial charge >= 0.3 is 0 Å². The van der Waals surface area contributed by atoms with Gasteiger partial charge in [-0.05, 0) is 24.7 Å². The largest absolute Gasteiger partial charge is 0.356 e. The van der Waals surface area contributed by atoms with E-state index in [1.54, 1.807) is 0 Å². The Morgan fingerprint density at radius 2 is 2.00 bits per heavy atom. The fourth-order valence-corrected chi connectivity index (χ4v) is 2.36. The van der Waals surface area contributed by atoms with Crippen molar-refractivity contribution >= 4 is 30.7 Å². The minimum absolute atomic E-state index is 0. The third kappa shape index (κ3) is 2.48. The summed E-state index contributed by atoms with van der Waals surface area (Å²) in [6, 6.07) is 0.362. The van der Waals surface area contributed by atoms with Gasteiger partial charge in [0.15, 0.2) is 0 Å². The Balaban J connectivity index is 0.000000720. The molecule has 1 saturated carbocycles. The van der Waals surface area contributed by atoms with Crippen LogP contribution in [0.25, 0.3) is 0 Å². The quantitative estimate of drug-likeness (QED) is 0.644. The van der Waals surface area contributed by atoms with Crippen LogP contribution in [0, 0.1) is 5.41 Å². The summed E-state index contributed by atoms with van der Waals surface area (Å²) in [5, 5.41) is 2.84. The molecule has 0 unspecified atom stereocenters. The Labute approximate surface area is 90.6 Å². The highest BCUT2D eigenvalue weighted by molar-refractivity contribution is 5.85. The third-order valence-corrected chi connectivity index (χ3v) is 2.90. The molecule has 2 rings (SSSR count). The molecule has 1 heterocycles. The van der Waals surface area contributed by atoms with E-state index in [1.165, 1.54) is 0 Å². The number of nitrogens with two attached hydrogens (primary N) is 1. The monoisotopic (exact) mass is 226 g/mol. The van der Waals surface area contributed by atoms with Crippen molar-refractivity contribution in [3.63, 3.8) is 0 Å². The zero-order valence-corrected chi connectivity index (χ0v) is 9.05. The van der Waals surface area contributed by atoms with Crippen molar-refractivity contribution in [2.45, 2.75) is 31.7 Å². The van der Waals surface area contributed by atoms with E-state index in [9.17, 15) is 4.79 Å². The lowest BCUT2D eigenvalue weighted by Gasteiger charge is -2.48. The average Bonchev–Trinajstić information content (AvgIpc) is 1.84. The standard InChI is InChI=1S/C8H14N2O.2ClH/c9-6-3-8(4-6)1-2-10-7(11)5-8;;/h6H,1-5,9H2,(H,10,11);2*1H. The molecule has 0 bridgehead atoms. The van der Waals surface area contributed by atoms with Gasteiger partial charge in [0.25, 0.3) is 0 Å². The summed E-state index contributed by atoms with van der Waals surface area (Å²) < 4.78 is 0. The van der Waals surface area contributed by atoms with Crippen LogP contribution in [0.15, 0.2) is 0 Å². The van der Waals surface area contributed by atoms with E-state index in [2.05, 4.69) is 5.32 Å². The summed E-state index contributed by atoms with van der Waals surface area (Å²) in [7, 11) is 0. The van der Waals surface area contributed by atoms with Crippen LogP contribution in [0.2, 0.25) is 0 Å². The van der Waals surface area contributed by atoms with Crippen molar-refractivity contribution in [2.24, 2.45) is 11.1 Å². The number of nitrogens with one attached hydrogen (secondary N) is 1. The first kappa shape index (κ1) is 13.0. The lowest BCUT2D eigenvalue weighted by molar-refractivity contribution is -0.128. The minimum atomic E-state index is 0. The van der Waals surface area contributed by atoms with Crippen molar-refractivity contribution in [3.8, 4) is 0 Å². The average molecular weight is 227 g/mol. The van der Waals surface area contributed by atoms with Crippen LogP contribution >= 0.6 is 24.8 Å². The summed E-state index contributed by atoms with van der Waals surface area (Å²) in [6.45, 7) is 0.853. The SMILES string of the molecule is Cl.Cl.NC1CC2(CCNC(=O)C2)C1. The number of amides is 1. The fraction of sp³-hybridized carbons (Fsp3) is 0.875. The molecule has 3 nitrogen and oxygen atoms in total. The van der Waals surface area contributed by atoms with Crippen LogP contribution in [0.3, 0.4) is 0 Å². The van der Waals surface area contributed by atoms with E-state index >= 15 is 0 Å². The molecule has 0 radical (unpaired) electrons. The zero-order valence-electron chi connectivity index (χ0n) is 7.41. The molecule has 78 valence electrons. The Bertz CT molecular complexity index is 187. The highest BCUT2D eigenvalue weighted by Gasteiger charge is 2.45. The maximum atomic E-state index is 11.0. The summed E-state index contributed by atoms with van der Waals surface area (Å²) in [6.07, 6.45) is 3.95. The molecular weight excluding hydrogens is 211 g/mol. The van der Waals surface area contributed by atoms with Gasteiger partial charge in [0.1, 0.15) is 0 Å². The lowest BCUT2D eigenvalue weighted by atomic mass is 9.61. The summed E-state index contributed by atoms with van der Waals surface area (Å²) >= 11 is 0. The number of carbonyl (C=O) groups excluding carboxylic acids is 1. The molecule has 0 atom stereocenters. The highest BCUT2D eigenvalue weighted by atomic mass is 35.5. The molecule has 1 aliphatic heterocycles. The summed E-state index contributed by atoms with van der Waals surface area (Å²) in [5.41, 5.74) is 6.01. The second-order valence-corrected chi connectivity index (χ2v) is 3.95. The molecule has 1 spiro atoms. The van der Waals surface area contributed by atoms with Gasteiger partial charge in [0, 0.05) is 19.0 Å². The van der Waals surface area contributed by atoms with Crippen LogP contribution in [0.1, 0.15) is 25.7 Å². The van der Waals surface area contributed by atoms with Crippen LogP contribution in [-0.2, 0) is 4.79 Å². The molecule has 3 N–H and O–H groups in total. The lowest BCUT2D eigenvalue weighted by Crippen LogP contribution is -2.52. The van der Waals surface area contributed by atoms with Gasteiger partial charge in [-0.25, -0.2) is 0 Å². The molecule has 1 aliphatic carbocycles. The third-order valence-electron chi connectivity index (χ3n) is 2.90. The highest BCUT2D eigenvalue weighted by Crippen LogP contribution is 2.47. The molecular formula is C8H16Cl2N2O. The van der Waals surface area contributed by atoms with Crippen molar-refractivity contribution in [1.29, 1.82) is 0 Å². The Morgan fingerprint density at radius 3 is 2.46 bits per heavy atom. The van der Waals surface area contributed by atoms with Gasteiger partial charge < -0.3 is 11.1 Å². The summed E-state index contributed by atoms with van der Waals surface area (Å²) in [4.78, 5) is 11.0. The molecule has 1 amide bonds. The van der Waals surface area contributed by atoms with Crippen LogP contribution in [0.4, 0.5) is 0 Å². The Hall–Kier alpha value is 0.01000. The molecule has 1 saturated heterocycles. The van der Waals surface area contributed by atoms with Crippen LogP contribution in [-0.4, -0.2) is 18.5 Å². The number of hydrogen-bond donors (Lipinski definition) is 2. The van der Waals surface area contributed by atoms with Crippen molar-refractivity contribution in [3.05, 3.63) is 0 Å². The van der Waals surface area contributed by atoms with Gasteiger partial charge in [-0.2, -0.15) is 0 Å². The maximum absolute atomic E-state index is 11.0. The first-order chi connectivity index (χ1) is 5.20. The summed E-state index contributed by atoms with van der Waals surface area (Å²) in [5.74, 6) is 0.211. The van der Waals surface area contributed by atoms with Gasteiger partial charge in [-0.15, -0.1) is 24.8 Å². The number of halogens is 2. The number of rotatable bonds is 0. The molecule has 5 heteroatoms. The first-order valence-corrected chi connectivity index (χ1v) is 4.23. The molecule has 0 aromatic heterocycles. The Kier molecular flexibility index (Phi) is 4.49. The molecule has 0 aromatic rings. The van der Waals surface area contributed by atoms with E-state index in [0.717, 1.165) is 25.8 Å². The van der Waals surface area contributed by atoms with E-state index in [-0.39, 0.29) is 30.7 Å². The fourth-order valence-electron chi connectivity index (χ4n) is 2.36. The topological polar surface area (TPSA) is 55.1 Å². The van der Waals surface area contributed by atoms with Gasteiger partial charge in [0.2, 0.25) is 5.91 Å². The van der Waals surface area contributed by atoms with E-state index in [4.69, 9.17) is 5.73 Å². The van der Waals surface area contributed by atoms with E-state index in [0.29, 0.717) is 17.9 Å². The molecule has 2 aliphatic rings. The van der Waals surface area contributed by atoms with E-state index < -0.39 is 0 Å². The van der Waals surface area contributed by atoms with Crippen LogP contribution in [0.5, 0.6) is 0 Å². The number of hydrogen-bond acceptors (Lipinski definition) is 2. The normalized spacial score (nSPS) is 36.7. The van der Waals surface area contributed by atoms with Crippen LogP contribution < -0.4 is 11.1 Å². The van der Waals surface area contributed by atoms with Crippen molar-refractivity contribution < 1.29 is 4.79 Å². The zero-order chi connectivity index (χ0) is 7.90. The van der Waals surface area contributed by atoms with Crippen molar-refractivity contribution in [1.82, 2.24) is 5.32 Å². The van der Waals surface area contributed by atoms with Gasteiger partial charge in [0.05, 0.1) is 0 Å². The van der Waals surface area contributed by atoms with Gasteiger partial charge in [-0.3, -0.25) is 4.79 Å². The second-order valence-electron chi connectivity index (χ2n) is 3.95. The van der Waals surface area contributed by atoms with Crippen molar-refractivity contribution in [2.75, 3.05) is 6.54 Å². The van der Waals surface area contributed by atoms with Gasteiger partial charge in [-0.1, -0.05) is 0 Å². The molecule has 2 fully saturated rings. The van der Waals surface area contributed by atoms with E-state index in [1.807, 2.05) is 0 Å². The molecule has 0 aromatic carbocycles. The maximum Gasteiger partial charge on any atom is 0.220 e. The number of carbonyl (C=O) groups is 1. The number of piperidine rings is 1. The predicted octanol–water partition coefficient (Wildman–Crippen LogP) is 0.847.